The van der Waals surface area contributed by atoms with E-state index in [4.69, 9.17) is 15.9 Å². The molecule has 0 unspecified atom stereocenters. The lowest BCUT2D eigenvalue weighted by molar-refractivity contribution is -0.118. The highest BCUT2D eigenvalue weighted by atomic mass is 16.3. The number of aromatic nitrogens is 3. The van der Waals surface area contributed by atoms with Gasteiger partial charge in [0.1, 0.15) is 35.0 Å². The monoisotopic (exact) mass is 468 g/mol. The first-order valence-corrected chi connectivity index (χ1v) is 10.7. The normalized spacial score (nSPS) is 10.8. The number of carbonyl (C=O) groups is 1. The number of aliphatic hydroxyl groups is 2. The summed E-state index contributed by atoms with van der Waals surface area (Å²) < 4.78 is 1.43. The van der Waals surface area contributed by atoms with Crippen LogP contribution in [0, 0.1) is 29.6 Å². The van der Waals surface area contributed by atoms with Crippen molar-refractivity contribution < 1.29 is 15.0 Å². The first-order valence-electron chi connectivity index (χ1n) is 10.7. The van der Waals surface area contributed by atoms with Gasteiger partial charge in [-0.1, -0.05) is 0 Å². The summed E-state index contributed by atoms with van der Waals surface area (Å²) in [7, 11) is 0. The van der Waals surface area contributed by atoms with Gasteiger partial charge in [-0.3, -0.25) is 9.48 Å². The number of anilines is 2. The fourth-order valence-electron chi connectivity index (χ4n) is 2.89. The van der Waals surface area contributed by atoms with Crippen LogP contribution in [0.25, 0.3) is 0 Å². The molecule has 0 aliphatic heterocycles. The van der Waals surface area contributed by atoms with Crippen LogP contribution in [0.1, 0.15) is 36.0 Å². The maximum absolute atomic E-state index is 11.5. The van der Waals surface area contributed by atoms with Crippen LogP contribution in [0.15, 0.2) is 16.4 Å². The zero-order valence-corrected chi connectivity index (χ0v) is 19.0. The average molecular weight is 469 g/mol. The van der Waals surface area contributed by atoms with E-state index in [-0.39, 0.29) is 55.5 Å². The number of aliphatic hydroxyl groups excluding tert-OH is 2. The molecular weight excluding hydrogens is 440 g/mol. The number of nitriles is 2. The Morgan fingerprint density at radius 3 is 2.41 bits per heavy atom. The van der Waals surface area contributed by atoms with E-state index in [2.05, 4.69) is 37.0 Å². The molecule has 2 rings (SSSR count). The summed E-state index contributed by atoms with van der Waals surface area (Å²) in [5.74, 6) is 0.610. The number of Topliss-reactive ketones (excluding diaryl/α,β-unsaturated/α-hetero) is 1. The summed E-state index contributed by atoms with van der Waals surface area (Å²) >= 11 is 0. The van der Waals surface area contributed by atoms with Gasteiger partial charge in [-0.25, -0.2) is 4.98 Å². The zero-order chi connectivity index (χ0) is 24.9. The molecule has 0 spiro atoms. The Morgan fingerprint density at radius 1 is 1.15 bits per heavy atom. The smallest absolute Gasteiger partial charge is 0.213 e. The molecule has 0 atom stereocenters. The first-order chi connectivity index (χ1) is 16.5. The van der Waals surface area contributed by atoms with Crippen molar-refractivity contribution in [2.24, 2.45) is 16.0 Å². The maximum atomic E-state index is 11.5. The third-order valence-corrected chi connectivity index (χ3v) is 4.74. The third-order valence-electron chi connectivity index (χ3n) is 4.74. The molecule has 13 nitrogen and oxygen atoms in total. The van der Waals surface area contributed by atoms with Crippen molar-refractivity contribution in [1.82, 2.24) is 14.8 Å². The summed E-state index contributed by atoms with van der Waals surface area (Å²) in [6.45, 7) is 2.69. The van der Waals surface area contributed by atoms with E-state index in [0.717, 1.165) is 0 Å². The Kier molecular flexibility index (Phi) is 10.5. The molecule has 2 heterocycles. The van der Waals surface area contributed by atoms with Gasteiger partial charge in [0.25, 0.3) is 0 Å². The lowest BCUT2D eigenvalue weighted by Crippen LogP contribution is -2.15. The molecular formula is C21H28N10O3. The Labute approximate surface area is 196 Å². The van der Waals surface area contributed by atoms with Crippen LogP contribution in [0.2, 0.25) is 0 Å². The first kappa shape index (κ1) is 26.3. The number of nitrogens with zero attached hydrogens (tertiary/aromatic N) is 7. The highest BCUT2D eigenvalue weighted by molar-refractivity contribution is 5.80. The highest BCUT2D eigenvalue weighted by Crippen LogP contribution is 2.35. The maximum Gasteiger partial charge on any atom is 0.213 e. The van der Waals surface area contributed by atoms with Crippen LogP contribution in [0.5, 0.6) is 0 Å². The van der Waals surface area contributed by atoms with Gasteiger partial charge < -0.3 is 26.6 Å². The minimum Gasteiger partial charge on any atom is -0.396 e. The molecule has 0 saturated carbocycles. The molecule has 180 valence electrons. The second-order valence-corrected chi connectivity index (χ2v) is 7.21. The van der Waals surface area contributed by atoms with Crippen molar-refractivity contribution in [1.29, 1.82) is 10.5 Å². The van der Waals surface area contributed by atoms with Gasteiger partial charge in [-0.2, -0.15) is 10.5 Å². The summed E-state index contributed by atoms with van der Waals surface area (Å²) in [5, 5.41) is 55.9. The Morgan fingerprint density at radius 2 is 1.82 bits per heavy atom. The number of carbonyl (C=O) groups excluding carboxylic acids is 1. The molecule has 0 aliphatic carbocycles. The molecule has 34 heavy (non-hydrogen) atoms. The van der Waals surface area contributed by atoms with Crippen molar-refractivity contribution in [3.05, 3.63) is 22.9 Å². The van der Waals surface area contributed by atoms with Gasteiger partial charge in [0.2, 0.25) is 5.82 Å². The van der Waals surface area contributed by atoms with Crippen LogP contribution >= 0.6 is 0 Å². The van der Waals surface area contributed by atoms with Crippen LogP contribution < -0.4 is 16.4 Å². The number of aryl methyl sites for hydroxylation is 1. The van der Waals surface area contributed by atoms with Crippen LogP contribution in [0.3, 0.4) is 0 Å². The standard InChI is InChI=1S/C21H28N10O3/c1-14-17(12-24)20(25-5-2-8-32)27-21(26-6-3-9-33)18(14)28-29-19-15(10-22)13-31(30-19)7-4-16(34)11-23/h13,32-33H,2-9,11,23H2,1H3,(H2,25,26,27)/b29-28+. The zero-order valence-electron chi connectivity index (χ0n) is 19.0. The number of nitrogens with two attached hydrogens (primary N) is 1. The minimum atomic E-state index is -0.130. The predicted molar refractivity (Wildman–Crippen MR) is 124 cm³/mol. The number of hydrogen-bond acceptors (Lipinski definition) is 12. The predicted octanol–water partition coefficient (Wildman–Crippen LogP) is 1.25. The number of pyridine rings is 1. The molecule has 0 bridgehead atoms. The molecule has 13 heteroatoms. The van der Waals surface area contributed by atoms with Crippen LogP contribution in [-0.4, -0.2) is 63.6 Å². The van der Waals surface area contributed by atoms with Gasteiger partial charge in [0.15, 0.2) is 5.82 Å². The molecule has 0 fully saturated rings. The number of hydrogen-bond donors (Lipinski definition) is 5. The van der Waals surface area contributed by atoms with E-state index >= 15 is 0 Å². The summed E-state index contributed by atoms with van der Waals surface area (Å²) in [4.78, 5) is 15.9. The minimum absolute atomic E-state index is 0.00394. The molecule has 0 saturated heterocycles. The van der Waals surface area contributed by atoms with Crippen molar-refractivity contribution in [2.45, 2.75) is 32.7 Å². The fourth-order valence-corrected chi connectivity index (χ4v) is 2.89. The topological polar surface area (TPSA) is 211 Å². The summed E-state index contributed by atoms with van der Waals surface area (Å²) in [6, 6.07) is 4.11. The Bertz CT molecular complexity index is 1100. The van der Waals surface area contributed by atoms with Gasteiger partial charge in [-0.05, 0) is 19.8 Å². The van der Waals surface area contributed by atoms with Crippen LogP contribution in [-0.2, 0) is 11.3 Å². The second-order valence-electron chi connectivity index (χ2n) is 7.21. The third kappa shape index (κ3) is 7.05. The van der Waals surface area contributed by atoms with E-state index in [1.807, 2.05) is 6.07 Å². The lowest BCUT2D eigenvalue weighted by Gasteiger charge is -2.15. The summed E-state index contributed by atoms with van der Waals surface area (Å²) in [6.07, 6.45) is 2.60. The van der Waals surface area contributed by atoms with E-state index in [1.165, 1.54) is 10.9 Å². The molecule has 2 aromatic heterocycles. The number of rotatable bonds is 14. The largest absolute Gasteiger partial charge is 0.396 e. The van der Waals surface area contributed by atoms with Crippen molar-refractivity contribution in [3.63, 3.8) is 0 Å². The molecule has 6 N–H and O–H groups in total. The molecule has 0 aromatic carbocycles. The molecule has 0 aliphatic rings. The van der Waals surface area contributed by atoms with E-state index in [9.17, 15) is 15.3 Å². The highest BCUT2D eigenvalue weighted by Gasteiger charge is 2.18. The quantitative estimate of drug-likeness (QED) is 0.198. The number of ketones is 1. The summed E-state index contributed by atoms with van der Waals surface area (Å²) in [5.41, 5.74) is 6.56. The van der Waals surface area contributed by atoms with E-state index < -0.39 is 0 Å². The Balaban J connectivity index is 2.42. The number of nitrogens with one attached hydrogen (secondary N) is 2. The lowest BCUT2D eigenvalue weighted by atomic mass is 10.1. The van der Waals surface area contributed by atoms with Gasteiger partial charge in [0, 0.05) is 51.0 Å². The average Bonchev–Trinajstić information content (AvgIpc) is 3.24. The second kappa shape index (κ2) is 13.6. The molecule has 0 amide bonds. The van der Waals surface area contributed by atoms with Crippen molar-refractivity contribution in [3.8, 4) is 12.1 Å². The fraction of sp³-hybridized carbons (Fsp3) is 0.476. The SMILES string of the molecule is Cc1c(C#N)c(NCCCO)nc(NCCCO)c1/N=N/c1nn(CCC(=O)CN)cc1C#N. The molecule has 0 radical (unpaired) electrons. The van der Waals surface area contributed by atoms with E-state index in [1.54, 1.807) is 6.92 Å². The van der Waals surface area contributed by atoms with Gasteiger partial charge in [0.05, 0.1) is 12.1 Å². The van der Waals surface area contributed by atoms with Crippen molar-refractivity contribution in [2.75, 3.05) is 43.5 Å². The Hall–Kier alpha value is -3.91. The van der Waals surface area contributed by atoms with Crippen molar-refractivity contribution >= 4 is 28.9 Å². The number of azo groups is 1. The van der Waals surface area contributed by atoms with Crippen LogP contribution in [0.4, 0.5) is 23.1 Å². The molecule has 2 aromatic rings. The van der Waals surface area contributed by atoms with E-state index in [0.29, 0.717) is 48.8 Å². The van der Waals surface area contributed by atoms with Gasteiger partial charge >= 0.3 is 0 Å². The van der Waals surface area contributed by atoms with Gasteiger partial charge in [-0.15, -0.1) is 15.3 Å².